The third-order valence-corrected chi connectivity index (χ3v) is 4.25. The lowest BCUT2D eigenvalue weighted by Crippen LogP contribution is -2.28. The molecule has 0 atom stereocenters. The molecule has 1 aliphatic carbocycles. The Balaban J connectivity index is 1.71. The van der Waals surface area contributed by atoms with E-state index in [9.17, 15) is 0 Å². The molecule has 0 spiro atoms. The SMILES string of the molecule is c1n[nH]cc1CNC1CCCCCCCCCCC1. The van der Waals surface area contributed by atoms with Gasteiger partial charge in [0.2, 0.25) is 0 Å². The van der Waals surface area contributed by atoms with E-state index in [1.807, 2.05) is 12.4 Å². The van der Waals surface area contributed by atoms with Crippen molar-refractivity contribution in [2.45, 2.75) is 83.2 Å². The normalized spacial score (nSPS) is 20.6. The van der Waals surface area contributed by atoms with Gasteiger partial charge in [0.15, 0.2) is 0 Å². The van der Waals surface area contributed by atoms with E-state index in [1.54, 1.807) is 0 Å². The van der Waals surface area contributed by atoms with E-state index in [-0.39, 0.29) is 0 Å². The van der Waals surface area contributed by atoms with Gasteiger partial charge in [-0.15, -0.1) is 0 Å². The van der Waals surface area contributed by atoms with E-state index in [2.05, 4.69) is 15.5 Å². The van der Waals surface area contributed by atoms with Crippen molar-refractivity contribution >= 4 is 0 Å². The Hall–Kier alpha value is -0.830. The van der Waals surface area contributed by atoms with Crippen molar-refractivity contribution in [3.8, 4) is 0 Å². The fraction of sp³-hybridized carbons (Fsp3) is 0.812. The lowest BCUT2D eigenvalue weighted by molar-refractivity contribution is 0.403. The predicted molar refractivity (Wildman–Crippen MR) is 80.0 cm³/mol. The van der Waals surface area contributed by atoms with Crippen molar-refractivity contribution < 1.29 is 0 Å². The fourth-order valence-electron chi connectivity index (χ4n) is 3.00. The van der Waals surface area contributed by atoms with E-state index in [0.717, 1.165) is 6.54 Å². The van der Waals surface area contributed by atoms with Gasteiger partial charge in [-0.1, -0.05) is 57.8 Å². The lowest BCUT2D eigenvalue weighted by Gasteiger charge is -2.19. The van der Waals surface area contributed by atoms with Crippen LogP contribution >= 0.6 is 0 Å². The molecule has 1 aromatic rings. The minimum atomic E-state index is 0.703. The molecule has 2 N–H and O–H groups in total. The fourth-order valence-corrected chi connectivity index (χ4v) is 3.00. The summed E-state index contributed by atoms with van der Waals surface area (Å²) in [6.07, 6.45) is 19.5. The van der Waals surface area contributed by atoms with Crippen LogP contribution in [0, 0.1) is 0 Å². The summed E-state index contributed by atoms with van der Waals surface area (Å²) in [5.41, 5.74) is 1.27. The molecule has 0 saturated heterocycles. The van der Waals surface area contributed by atoms with Crippen LogP contribution in [-0.4, -0.2) is 16.2 Å². The molecule has 1 heterocycles. The maximum absolute atomic E-state index is 4.00. The van der Waals surface area contributed by atoms with Crippen LogP contribution in [0.25, 0.3) is 0 Å². The lowest BCUT2D eigenvalue weighted by atomic mass is 9.98. The zero-order valence-electron chi connectivity index (χ0n) is 12.2. The van der Waals surface area contributed by atoms with Gasteiger partial charge in [-0.2, -0.15) is 5.10 Å². The first-order valence-electron chi connectivity index (χ1n) is 8.16. The highest BCUT2D eigenvalue weighted by Gasteiger charge is 2.09. The molecule has 19 heavy (non-hydrogen) atoms. The average molecular weight is 263 g/mol. The summed E-state index contributed by atoms with van der Waals surface area (Å²) >= 11 is 0. The zero-order valence-corrected chi connectivity index (χ0v) is 12.2. The molecule has 1 aromatic heterocycles. The third-order valence-electron chi connectivity index (χ3n) is 4.25. The van der Waals surface area contributed by atoms with Crippen molar-refractivity contribution in [1.29, 1.82) is 0 Å². The van der Waals surface area contributed by atoms with Crippen LogP contribution in [-0.2, 0) is 6.54 Å². The average Bonchev–Trinajstić information content (AvgIpc) is 2.91. The summed E-state index contributed by atoms with van der Waals surface area (Å²) in [6, 6.07) is 0.703. The van der Waals surface area contributed by atoms with Crippen LogP contribution in [0.15, 0.2) is 12.4 Å². The Morgan fingerprint density at radius 2 is 1.53 bits per heavy atom. The summed E-state index contributed by atoms with van der Waals surface area (Å²) < 4.78 is 0. The van der Waals surface area contributed by atoms with Gasteiger partial charge in [-0.3, -0.25) is 5.10 Å². The zero-order chi connectivity index (χ0) is 13.2. The Morgan fingerprint density at radius 1 is 0.947 bits per heavy atom. The van der Waals surface area contributed by atoms with Crippen LogP contribution in [0.5, 0.6) is 0 Å². The number of aromatic nitrogens is 2. The first-order chi connectivity index (χ1) is 9.45. The van der Waals surface area contributed by atoms with Crippen LogP contribution in [0.4, 0.5) is 0 Å². The summed E-state index contributed by atoms with van der Waals surface area (Å²) in [4.78, 5) is 0. The monoisotopic (exact) mass is 263 g/mol. The topological polar surface area (TPSA) is 40.7 Å². The van der Waals surface area contributed by atoms with Gasteiger partial charge in [0, 0.05) is 24.3 Å². The summed E-state index contributed by atoms with van der Waals surface area (Å²) in [5, 5.41) is 10.6. The van der Waals surface area contributed by atoms with Crippen molar-refractivity contribution in [2.75, 3.05) is 0 Å². The minimum Gasteiger partial charge on any atom is -0.310 e. The highest BCUT2D eigenvalue weighted by Crippen LogP contribution is 2.17. The molecule has 0 bridgehead atoms. The van der Waals surface area contributed by atoms with E-state index in [1.165, 1.54) is 76.2 Å². The second-order valence-electron chi connectivity index (χ2n) is 5.94. The van der Waals surface area contributed by atoms with Crippen LogP contribution < -0.4 is 5.32 Å². The first-order valence-corrected chi connectivity index (χ1v) is 8.16. The quantitative estimate of drug-likeness (QED) is 0.859. The molecule has 108 valence electrons. The Kier molecular flexibility index (Phi) is 7.01. The highest BCUT2D eigenvalue weighted by atomic mass is 15.1. The second-order valence-corrected chi connectivity index (χ2v) is 5.94. The minimum absolute atomic E-state index is 0.703. The number of nitrogens with one attached hydrogen (secondary N) is 2. The summed E-state index contributed by atoms with van der Waals surface area (Å²) in [5.74, 6) is 0. The molecule has 0 amide bonds. The molecular weight excluding hydrogens is 234 g/mol. The number of H-pyrrole nitrogens is 1. The molecule has 3 nitrogen and oxygen atoms in total. The predicted octanol–water partition coefficient (Wildman–Crippen LogP) is 4.17. The standard InChI is InChI=1S/C16H29N3/c1-2-4-6-8-10-16(11-9-7-5-3-1)17-12-15-13-18-19-14-15/h13-14,16-17H,1-12H2,(H,18,19). The number of nitrogens with zero attached hydrogens (tertiary/aromatic N) is 1. The molecular formula is C16H29N3. The van der Waals surface area contributed by atoms with Crippen LogP contribution in [0.2, 0.25) is 0 Å². The molecule has 2 rings (SSSR count). The van der Waals surface area contributed by atoms with Gasteiger partial charge < -0.3 is 5.32 Å². The van der Waals surface area contributed by atoms with Crippen molar-refractivity contribution in [3.63, 3.8) is 0 Å². The molecule has 1 fully saturated rings. The van der Waals surface area contributed by atoms with Gasteiger partial charge in [0.05, 0.1) is 6.20 Å². The van der Waals surface area contributed by atoms with Gasteiger partial charge in [0.25, 0.3) is 0 Å². The smallest absolute Gasteiger partial charge is 0.0532 e. The molecule has 0 aliphatic heterocycles. The van der Waals surface area contributed by atoms with Gasteiger partial charge in [0.1, 0.15) is 0 Å². The first kappa shape index (κ1) is 14.6. The number of hydrogen-bond donors (Lipinski definition) is 2. The molecule has 0 unspecified atom stereocenters. The maximum Gasteiger partial charge on any atom is 0.0532 e. The second kappa shape index (κ2) is 9.13. The van der Waals surface area contributed by atoms with Crippen molar-refractivity contribution in [1.82, 2.24) is 15.5 Å². The number of rotatable bonds is 3. The highest BCUT2D eigenvalue weighted by molar-refractivity contribution is 5.01. The summed E-state index contributed by atoms with van der Waals surface area (Å²) in [7, 11) is 0. The number of aromatic amines is 1. The van der Waals surface area contributed by atoms with E-state index >= 15 is 0 Å². The van der Waals surface area contributed by atoms with E-state index in [0.29, 0.717) is 6.04 Å². The number of hydrogen-bond acceptors (Lipinski definition) is 2. The Bertz CT molecular complexity index is 296. The molecule has 1 aliphatic rings. The van der Waals surface area contributed by atoms with Crippen molar-refractivity contribution in [3.05, 3.63) is 18.0 Å². The third kappa shape index (κ3) is 6.24. The van der Waals surface area contributed by atoms with Crippen LogP contribution in [0.3, 0.4) is 0 Å². The maximum atomic E-state index is 4.00. The van der Waals surface area contributed by atoms with Crippen molar-refractivity contribution in [2.24, 2.45) is 0 Å². The van der Waals surface area contributed by atoms with E-state index in [4.69, 9.17) is 0 Å². The van der Waals surface area contributed by atoms with E-state index < -0.39 is 0 Å². The van der Waals surface area contributed by atoms with Gasteiger partial charge in [-0.25, -0.2) is 0 Å². The largest absolute Gasteiger partial charge is 0.310 e. The van der Waals surface area contributed by atoms with Gasteiger partial charge >= 0.3 is 0 Å². The molecule has 0 radical (unpaired) electrons. The Labute approximate surface area is 117 Å². The molecule has 3 heteroatoms. The van der Waals surface area contributed by atoms with Gasteiger partial charge in [-0.05, 0) is 12.8 Å². The Morgan fingerprint density at radius 3 is 2.05 bits per heavy atom. The summed E-state index contributed by atoms with van der Waals surface area (Å²) in [6.45, 7) is 0.959. The molecule has 0 aromatic carbocycles. The molecule has 1 saturated carbocycles. The van der Waals surface area contributed by atoms with Crippen LogP contribution in [0.1, 0.15) is 76.2 Å².